The van der Waals surface area contributed by atoms with Crippen molar-refractivity contribution in [2.45, 2.75) is 31.9 Å². The Morgan fingerprint density at radius 2 is 2.05 bits per heavy atom. The number of carbonyl (C=O) groups excluding carboxylic acids is 1. The fraction of sp³-hybridized carbons (Fsp3) is 0.467. The van der Waals surface area contributed by atoms with Crippen LogP contribution in [0.3, 0.4) is 0 Å². The maximum absolute atomic E-state index is 12.0. The number of aliphatic imine (C=N–C) groups is 1. The summed E-state index contributed by atoms with van der Waals surface area (Å²) in [5, 5.41) is 0. The van der Waals surface area contributed by atoms with Crippen LogP contribution in [-0.2, 0) is 16.0 Å². The molecule has 1 aromatic carbocycles. The number of likely N-dealkylation sites (tertiary alicyclic amines) is 1. The first kappa shape index (κ1) is 15.4. The van der Waals surface area contributed by atoms with Crippen molar-refractivity contribution < 1.29 is 14.2 Å². The molecule has 1 saturated heterocycles. The molecular weight excluding hydrogens is 267 g/mol. The van der Waals surface area contributed by atoms with Crippen LogP contribution in [0, 0.1) is 0 Å². The number of carbonyl (C=O) groups is 1. The SMILES string of the molecule is CC1(/N=C/B=O)CCN(C(=O)OCc2ccccc2)CC1. The first-order valence-electron chi connectivity index (χ1n) is 7.08. The van der Waals surface area contributed by atoms with E-state index >= 15 is 0 Å². The third-order valence-corrected chi connectivity index (χ3v) is 3.75. The van der Waals surface area contributed by atoms with Crippen molar-refractivity contribution in [1.82, 2.24) is 4.90 Å². The minimum absolute atomic E-state index is 0.253. The molecule has 1 heterocycles. The van der Waals surface area contributed by atoms with Crippen molar-refractivity contribution in [2.75, 3.05) is 13.1 Å². The number of ether oxygens (including phenoxy) is 1. The molecule has 1 fully saturated rings. The number of nitrogens with zero attached hydrogens (tertiary/aromatic N) is 2. The van der Waals surface area contributed by atoms with E-state index in [9.17, 15) is 9.50 Å². The second kappa shape index (κ2) is 7.15. The summed E-state index contributed by atoms with van der Waals surface area (Å²) in [6.07, 6.45) is 2.47. The van der Waals surface area contributed by atoms with Gasteiger partial charge in [0.15, 0.2) is 0 Å². The van der Waals surface area contributed by atoms with E-state index in [1.807, 2.05) is 37.3 Å². The summed E-state index contributed by atoms with van der Waals surface area (Å²) >= 11 is 0. The Morgan fingerprint density at radius 3 is 2.67 bits per heavy atom. The Labute approximate surface area is 125 Å². The van der Waals surface area contributed by atoms with Gasteiger partial charge in [0.05, 0.1) is 0 Å². The van der Waals surface area contributed by atoms with Crippen LogP contribution in [-0.4, -0.2) is 42.9 Å². The molecule has 110 valence electrons. The van der Waals surface area contributed by atoms with Gasteiger partial charge in [-0.1, -0.05) is 6.07 Å². The molecule has 0 N–H and O–H groups in total. The zero-order valence-electron chi connectivity index (χ0n) is 12.2. The van der Waals surface area contributed by atoms with Gasteiger partial charge in [-0.2, -0.15) is 0 Å². The Kier molecular flexibility index (Phi) is 5.25. The van der Waals surface area contributed by atoms with Crippen LogP contribution in [0.25, 0.3) is 0 Å². The van der Waals surface area contributed by atoms with Crippen LogP contribution in [0.2, 0.25) is 0 Å². The van der Waals surface area contributed by atoms with Crippen LogP contribution < -0.4 is 0 Å². The van der Waals surface area contributed by atoms with Gasteiger partial charge in [0.2, 0.25) is 0 Å². The summed E-state index contributed by atoms with van der Waals surface area (Å²) in [6, 6.07) is 9.61. The van der Waals surface area contributed by atoms with Crippen LogP contribution in [0.1, 0.15) is 25.3 Å². The van der Waals surface area contributed by atoms with E-state index < -0.39 is 0 Å². The molecule has 0 aromatic heterocycles. The van der Waals surface area contributed by atoms with Crippen molar-refractivity contribution in [1.29, 1.82) is 0 Å². The average Bonchev–Trinajstić information content (AvgIpc) is 2.52. The van der Waals surface area contributed by atoms with Crippen molar-refractivity contribution in [3.05, 3.63) is 35.9 Å². The second-order valence-corrected chi connectivity index (χ2v) is 5.44. The molecule has 1 aliphatic rings. The van der Waals surface area contributed by atoms with E-state index in [-0.39, 0.29) is 18.2 Å². The third-order valence-electron chi connectivity index (χ3n) is 3.75. The van der Waals surface area contributed by atoms with E-state index in [1.54, 1.807) is 4.90 Å². The van der Waals surface area contributed by atoms with Gasteiger partial charge in [-0.25, -0.2) is 0 Å². The Bertz CT molecular complexity index is 511. The molecule has 0 spiro atoms. The molecule has 0 saturated carbocycles. The van der Waals surface area contributed by atoms with E-state index in [4.69, 9.17) is 4.74 Å². The number of rotatable bonds is 4. The third kappa shape index (κ3) is 4.51. The molecule has 5 nitrogen and oxygen atoms in total. The van der Waals surface area contributed by atoms with Crippen molar-refractivity contribution in [2.24, 2.45) is 4.99 Å². The van der Waals surface area contributed by atoms with Crippen molar-refractivity contribution in [3.63, 3.8) is 0 Å². The monoisotopic (exact) mass is 286 g/mol. The summed E-state index contributed by atoms with van der Waals surface area (Å²) in [7, 11) is 0.686. The fourth-order valence-electron chi connectivity index (χ4n) is 2.32. The Balaban J connectivity index is 1.80. The van der Waals surface area contributed by atoms with Crippen LogP contribution in [0.4, 0.5) is 4.79 Å². The van der Waals surface area contributed by atoms with E-state index in [2.05, 4.69) is 4.99 Å². The standard InChI is InChI=1S/C15H19BN2O3/c1-15(17-12-16-20)7-9-18(10-8-15)14(19)21-11-13-5-3-2-4-6-13/h2-6,12H,7-11H2,1H3/b17-12+. The van der Waals surface area contributed by atoms with Gasteiger partial charge in [-0.3, -0.25) is 0 Å². The summed E-state index contributed by atoms with van der Waals surface area (Å²) in [4.78, 5) is 18.0. The predicted octanol–water partition coefficient (Wildman–Crippen LogP) is 2.26. The van der Waals surface area contributed by atoms with Gasteiger partial charge in [0, 0.05) is 0 Å². The molecule has 0 aliphatic carbocycles. The summed E-state index contributed by atoms with van der Waals surface area (Å²) in [6.45, 7) is 3.48. The molecule has 1 aliphatic heterocycles. The summed E-state index contributed by atoms with van der Waals surface area (Å²) in [5.74, 6) is 0. The molecule has 2 rings (SSSR count). The zero-order chi connectivity index (χ0) is 15.1. The topological polar surface area (TPSA) is 59.0 Å². The number of hydrogen-bond acceptors (Lipinski definition) is 4. The first-order valence-corrected chi connectivity index (χ1v) is 7.08. The van der Waals surface area contributed by atoms with E-state index in [0.29, 0.717) is 20.2 Å². The van der Waals surface area contributed by atoms with Gasteiger partial charge < -0.3 is 0 Å². The molecule has 21 heavy (non-hydrogen) atoms. The van der Waals surface area contributed by atoms with Gasteiger partial charge in [-0.15, -0.1) is 0 Å². The van der Waals surface area contributed by atoms with Crippen LogP contribution >= 0.6 is 0 Å². The second-order valence-electron chi connectivity index (χ2n) is 5.44. The molecule has 0 bridgehead atoms. The van der Waals surface area contributed by atoms with Crippen molar-refractivity contribution in [3.8, 4) is 0 Å². The van der Waals surface area contributed by atoms with Gasteiger partial charge in [0.25, 0.3) is 0 Å². The quantitative estimate of drug-likeness (QED) is 0.630. The minimum atomic E-state index is -0.291. The Hall–Kier alpha value is -1.98. The molecule has 1 amide bonds. The van der Waals surface area contributed by atoms with Gasteiger partial charge in [-0.05, 0) is 0 Å². The number of amides is 1. The normalized spacial score (nSPS) is 17.5. The van der Waals surface area contributed by atoms with E-state index in [0.717, 1.165) is 18.4 Å². The first-order chi connectivity index (χ1) is 10.1. The maximum atomic E-state index is 12.0. The molecule has 0 atom stereocenters. The van der Waals surface area contributed by atoms with Gasteiger partial charge >= 0.3 is 118 Å². The molecule has 6 heteroatoms. The van der Waals surface area contributed by atoms with Crippen LogP contribution in [0.5, 0.6) is 0 Å². The number of hydrogen-bond donors (Lipinski definition) is 0. The Morgan fingerprint density at radius 1 is 1.38 bits per heavy atom. The average molecular weight is 286 g/mol. The number of benzene rings is 1. The van der Waals surface area contributed by atoms with Gasteiger partial charge in [0.1, 0.15) is 0 Å². The molecule has 0 radical (unpaired) electrons. The number of piperidine rings is 1. The summed E-state index contributed by atoms with van der Waals surface area (Å²) < 4.78 is 15.7. The van der Waals surface area contributed by atoms with E-state index in [1.165, 1.54) is 6.11 Å². The molecule has 1 aromatic rings. The zero-order valence-corrected chi connectivity index (χ0v) is 12.2. The van der Waals surface area contributed by atoms with Crippen LogP contribution in [0.15, 0.2) is 35.3 Å². The molecule has 0 unspecified atom stereocenters. The van der Waals surface area contributed by atoms with Crippen molar-refractivity contribution >= 4 is 19.4 Å². The fourth-order valence-corrected chi connectivity index (χ4v) is 2.32. The molecular formula is C15H19BN2O3. The predicted molar refractivity (Wildman–Crippen MR) is 80.8 cm³/mol. The summed E-state index contributed by atoms with van der Waals surface area (Å²) in [5.41, 5.74) is 0.722.